The number of hydrogen-bond donors (Lipinski definition) is 2. The Balaban J connectivity index is 2.32. The molecule has 3 N–H and O–H groups in total. The van der Waals surface area contributed by atoms with E-state index < -0.39 is 11.6 Å². The van der Waals surface area contributed by atoms with Crippen molar-refractivity contribution in [2.75, 3.05) is 11.1 Å². The van der Waals surface area contributed by atoms with Crippen LogP contribution in [0, 0.1) is 21.1 Å². The molecule has 1 fully saturated rings. The average Bonchev–Trinajstić information content (AvgIpc) is 3.04. The smallest absolute Gasteiger partial charge is 0.227 e. The first kappa shape index (κ1) is 11.6. The molecular formula is C10H9F2IN2O. The van der Waals surface area contributed by atoms with E-state index in [4.69, 9.17) is 5.73 Å². The highest BCUT2D eigenvalue weighted by atomic mass is 127. The summed E-state index contributed by atoms with van der Waals surface area (Å²) in [7, 11) is 0. The average molecular weight is 338 g/mol. The van der Waals surface area contributed by atoms with Crippen LogP contribution in [-0.2, 0) is 4.79 Å². The lowest BCUT2D eigenvalue weighted by molar-refractivity contribution is -0.117. The third-order valence-corrected chi connectivity index (χ3v) is 3.38. The predicted octanol–water partition coefficient (Wildman–Crippen LogP) is 2.50. The summed E-state index contributed by atoms with van der Waals surface area (Å²) in [5.41, 5.74) is 5.25. The van der Waals surface area contributed by atoms with Crippen LogP contribution in [0.5, 0.6) is 0 Å². The number of carbonyl (C=O) groups is 1. The number of carbonyl (C=O) groups excluding carboxylic acids is 1. The quantitative estimate of drug-likeness (QED) is 0.495. The molecule has 0 bridgehead atoms. The van der Waals surface area contributed by atoms with Crippen molar-refractivity contribution in [1.82, 2.24) is 0 Å². The molecule has 6 heteroatoms. The Morgan fingerprint density at radius 2 is 2.12 bits per heavy atom. The number of anilines is 2. The van der Waals surface area contributed by atoms with Gasteiger partial charge in [0.25, 0.3) is 0 Å². The molecule has 1 aliphatic carbocycles. The van der Waals surface area contributed by atoms with Gasteiger partial charge in [0.2, 0.25) is 5.91 Å². The molecule has 86 valence electrons. The Hall–Kier alpha value is -0.920. The van der Waals surface area contributed by atoms with Gasteiger partial charge in [0.15, 0.2) is 5.82 Å². The molecule has 0 aliphatic heterocycles. The first-order valence-electron chi connectivity index (χ1n) is 4.74. The summed E-state index contributed by atoms with van der Waals surface area (Å²) < 4.78 is 26.5. The van der Waals surface area contributed by atoms with Crippen LogP contribution in [0.25, 0.3) is 0 Å². The SMILES string of the molecule is Nc1cc(F)c(I)c(F)c1NC(=O)C1CC1. The van der Waals surface area contributed by atoms with E-state index in [1.165, 1.54) is 22.6 Å². The lowest BCUT2D eigenvalue weighted by Crippen LogP contribution is -2.16. The zero-order chi connectivity index (χ0) is 11.9. The Morgan fingerprint density at radius 3 is 2.69 bits per heavy atom. The van der Waals surface area contributed by atoms with Crippen LogP contribution in [0.2, 0.25) is 0 Å². The summed E-state index contributed by atoms with van der Waals surface area (Å²) in [5.74, 6) is -1.85. The van der Waals surface area contributed by atoms with E-state index in [1.807, 2.05) is 0 Å². The van der Waals surface area contributed by atoms with Gasteiger partial charge in [0.1, 0.15) is 11.5 Å². The third-order valence-electron chi connectivity index (χ3n) is 2.39. The van der Waals surface area contributed by atoms with Crippen molar-refractivity contribution in [3.05, 3.63) is 21.3 Å². The maximum Gasteiger partial charge on any atom is 0.227 e. The topological polar surface area (TPSA) is 55.1 Å². The van der Waals surface area contributed by atoms with E-state index in [2.05, 4.69) is 5.32 Å². The maximum absolute atomic E-state index is 13.6. The molecule has 3 nitrogen and oxygen atoms in total. The first-order chi connectivity index (χ1) is 7.50. The fourth-order valence-corrected chi connectivity index (χ4v) is 1.74. The Kier molecular flexibility index (Phi) is 3.00. The van der Waals surface area contributed by atoms with Gasteiger partial charge in [-0.15, -0.1) is 0 Å². The minimum Gasteiger partial charge on any atom is -0.397 e. The van der Waals surface area contributed by atoms with Gasteiger partial charge >= 0.3 is 0 Å². The van der Waals surface area contributed by atoms with Gasteiger partial charge < -0.3 is 11.1 Å². The van der Waals surface area contributed by atoms with Gasteiger partial charge in [-0.2, -0.15) is 0 Å². The molecule has 1 saturated carbocycles. The summed E-state index contributed by atoms with van der Waals surface area (Å²) in [6, 6.07) is 1.01. The van der Waals surface area contributed by atoms with Gasteiger partial charge in [0, 0.05) is 12.0 Å². The second-order valence-electron chi connectivity index (χ2n) is 3.71. The number of hydrogen-bond acceptors (Lipinski definition) is 2. The van der Waals surface area contributed by atoms with Crippen LogP contribution in [0.3, 0.4) is 0 Å². The largest absolute Gasteiger partial charge is 0.397 e. The van der Waals surface area contributed by atoms with E-state index in [0.717, 1.165) is 18.9 Å². The minimum absolute atomic E-state index is 0.0542. The lowest BCUT2D eigenvalue weighted by Gasteiger charge is -2.10. The standard InChI is InChI=1S/C10H9F2IN2O/c11-5-3-6(14)9(7(12)8(5)13)15-10(16)4-1-2-4/h3-4H,1-2,14H2,(H,15,16). The third kappa shape index (κ3) is 2.11. The molecule has 0 saturated heterocycles. The zero-order valence-electron chi connectivity index (χ0n) is 8.19. The maximum atomic E-state index is 13.6. The molecule has 0 radical (unpaired) electrons. The predicted molar refractivity (Wildman–Crippen MR) is 64.8 cm³/mol. The highest BCUT2D eigenvalue weighted by Gasteiger charge is 2.31. The summed E-state index contributed by atoms with van der Waals surface area (Å²) >= 11 is 1.53. The molecule has 0 atom stereocenters. The molecule has 2 rings (SSSR count). The number of rotatable bonds is 2. The second kappa shape index (κ2) is 4.15. The molecule has 1 amide bonds. The zero-order valence-corrected chi connectivity index (χ0v) is 10.3. The van der Waals surface area contributed by atoms with E-state index in [9.17, 15) is 13.6 Å². The minimum atomic E-state index is -0.813. The summed E-state index contributed by atoms with van der Waals surface area (Å²) in [6.45, 7) is 0. The van der Waals surface area contributed by atoms with Crippen LogP contribution in [0.15, 0.2) is 6.07 Å². The van der Waals surface area contributed by atoms with Crippen molar-refractivity contribution in [3.8, 4) is 0 Å². The molecular weight excluding hydrogens is 329 g/mol. The van der Waals surface area contributed by atoms with Gasteiger partial charge in [-0.05, 0) is 35.4 Å². The van der Waals surface area contributed by atoms with Crippen molar-refractivity contribution in [3.63, 3.8) is 0 Å². The summed E-state index contributed by atoms with van der Waals surface area (Å²) in [5, 5.41) is 2.40. The molecule has 16 heavy (non-hydrogen) atoms. The van der Waals surface area contributed by atoms with Crippen LogP contribution >= 0.6 is 22.6 Å². The Morgan fingerprint density at radius 1 is 1.50 bits per heavy atom. The van der Waals surface area contributed by atoms with Gasteiger partial charge in [-0.1, -0.05) is 0 Å². The van der Waals surface area contributed by atoms with Crippen LogP contribution in [0.1, 0.15) is 12.8 Å². The normalized spacial score (nSPS) is 14.9. The first-order valence-corrected chi connectivity index (χ1v) is 5.82. The Bertz CT molecular complexity index is 461. The molecule has 0 spiro atoms. The second-order valence-corrected chi connectivity index (χ2v) is 4.79. The monoisotopic (exact) mass is 338 g/mol. The summed E-state index contributed by atoms with van der Waals surface area (Å²) in [4.78, 5) is 11.4. The van der Waals surface area contributed by atoms with Crippen LogP contribution in [0.4, 0.5) is 20.2 Å². The van der Waals surface area contributed by atoms with Crippen LogP contribution < -0.4 is 11.1 Å². The number of nitrogens with two attached hydrogens (primary N) is 1. The van der Waals surface area contributed by atoms with Gasteiger partial charge in [-0.25, -0.2) is 8.78 Å². The summed E-state index contributed by atoms with van der Waals surface area (Å²) in [6.07, 6.45) is 1.62. The van der Waals surface area contributed by atoms with E-state index in [0.29, 0.717) is 0 Å². The van der Waals surface area contributed by atoms with Crippen molar-refractivity contribution in [1.29, 1.82) is 0 Å². The number of benzene rings is 1. The van der Waals surface area contributed by atoms with Crippen molar-refractivity contribution in [2.45, 2.75) is 12.8 Å². The van der Waals surface area contributed by atoms with Crippen molar-refractivity contribution >= 4 is 39.9 Å². The molecule has 0 heterocycles. The highest BCUT2D eigenvalue weighted by Crippen LogP contribution is 2.33. The fraction of sp³-hybridized carbons (Fsp3) is 0.300. The fourth-order valence-electron chi connectivity index (χ4n) is 1.31. The van der Waals surface area contributed by atoms with Gasteiger partial charge in [-0.3, -0.25) is 4.79 Å². The number of nitrogens with one attached hydrogen (secondary N) is 1. The highest BCUT2D eigenvalue weighted by molar-refractivity contribution is 14.1. The van der Waals surface area contributed by atoms with E-state index in [1.54, 1.807) is 0 Å². The number of nitrogen functional groups attached to an aromatic ring is 1. The molecule has 1 aromatic rings. The molecule has 1 aromatic carbocycles. The molecule has 1 aliphatic rings. The Labute approximate surface area is 105 Å². The van der Waals surface area contributed by atoms with E-state index >= 15 is 0 Å². The van der Waals surface area contributed by atoms with Crippen molar-refractivity contribution in [2.24, 2.45) is 5.92 Å². The molecule has 0 unspecified atom stereocenters. The molecule has 0 aromatic heterocycles. The van der Waals surface area contributed by atoms with E-state index in [-0.39, 0.29) is 26.8 Å². The lowest BCUT2D eigenvalue weighted by atomic mass is 10.2. The number of halogens is 3. The van der Waals surface area contributed by atoms with Crippen LogP contribution in [-0.4, -0.2) is 5.91 Å². The van der Waals surface area contributed by atoms with Crippen molar-refractivity contribution < 1.29 is 13.6 Å². The number of amides is 1. The van der Waals surface area contributed by atoms with Gasteiger partial charge in [0.05, 0.1) is 9.26 Å².